The van der Waals surface area contributed by atoms with Gasteiger partial charge in [0.15, 0.2) is 0 Å². The lowest BCUT2D eigenvalue weighted by atomic mass is 9.76. The molecule has 0 amide bonds. The van der Waals surface area contributed by atoms with E-state index >= 15 is 0 Å². The van der Waals surface area contributed by atoms with E-state index < -0.39 is 0 Å². The molecule has 2 aromatic heterocycles. The summed E-state index contributed by atoms with van der Waals surface area (Å²) < 4.78 is 5.63. The van der Waals surface area contributed by atoms with Gasteiger partial charge < -0.3 is 9.84 Å². The van der Waals surface area contributed by atoms with Gasteiger partial charge in [0.2, 0.25) is 11.7 Å². The first kappa shape index (κ1) is 14.2. The molecule has 0 bridgehead atoms. The smallest absolute Gasteiger partial charge is 0.234 e. The van der Waals surface area contributed by atoms with Gasteiger partial charge in [-0.3, -0.25) is 4.98 Å². The van der Waals surface area contributed by atoms with E-state index in [1.54, 1.807) is 6.20 Å². The van der Waals surface area contributed by atoms with E-state index in [1.165, 1.54) is 0 Å². The van der Waals surface area contributed by atoms with Crippen LogP contribution in [0.15, 0.2) is 22.9 Å². The summed E-state index contributed by atoms with van der Waals surface area (Å²) in [5.74, 6) is 1.80. The van der Waals surface area contributed by atoms with Crippen molar-refractivity contribution in [2.45, 2.75) is 39.0 Å². The molecule has 5 nitrogen and oxygen atoms in total. The first-order chi connectivity index (χ1) is 10.2. The third-order valence-corrected chi connectivity index (χ3v) is 4.63. The molecule has 0 aliphatic carbocycles. The lowest BCUT2D eigenvalue weighted by molar-refractivity contribution is 0.234. The van der Waals surface area contributed by atoms with Crippen molar-refractivity contribution in [1.29, 1.82) is 0 Å². The highest BCUT2D eigenvalue weighted by molar-refractivity contribution is 5.54. The van der Waals surface area contributed by atoms with Gasteiger partial charge in [-0.2, -0.15) is 4.98 Å². The lowest BCUT2D eigenvalue weighted by Gasteiger charge is -2.27. The zero-order valence-corrected chi connectivity index (χ0v) is 12.9. The van der Waals surface area contributed by atoms with Crippen LogP contribution >= 0.6 is 0 Å². The van der Waals surface area contributed by atoms with Crippen LogP contribution in [0, 0.1) is 5.92 Å². The fourth-order valence-corrected chi connectivity index (χ4v) is 3.08. The summed E-state index contributed by atoms with van der Waals surface area (Å²) in [6.45, 7) is 8.44. The minimum Gasteiger partial charge on any atom is -0.338 e. The summed E-state index contributed by atoms with van der Waals surface area (Å²) in [6.07, 6.45) is 3.72. The molecule has 112 valence electrons. The monoisotopic (exact) mass is 286 g/mol. The van der Waals surface area contributed by atoms with E-state index in [-0.39, 0.29) is 5.41 Å². The van der Waals surface area contributed by atoms with Crippen molar-refractivity contribution in [2.24, 2.45) is 5.92 Å². The van der Waals surface area contributed by atoms with Crippen LogP contribution in [0.2, 0.25) is 0 Å². The SMILES string of the molecule is CCc1cccnc1-c1noc(C2(C(C)C)CCNC2)n1. The Kier molecular flexibility index (Phi) is 3.76. The molecule has 1 N–H and O–H groups in total. The molecule has 1 fully saturated rings. The third-order valence-electron chi connectivity index (χ3n) is 4.63. The maximum absolute atomic E-state index is 5.63. The fraction of sp³-hybridized carbons (Fsp3) is 0.562. The standard InChI is InChI=1S/C16H22N4O/c1-4-12-6-5-8-18-13(12)14-19-15(21-20-14)16(11(2)3)7-9-17-10-16/h5-6,8,11,17H,4,7,9-10H2,1-3H3. The van der Waals surface area contributed by atoms with Crippen LogP contribution in [0.4, 0.5) is 0 Å². The minimum atomic E-state index is -0.0492. The van der Waals surface area contributed by atoms with E-state index in [0.717, 1.165) is 43.1 Å². The quantitative estimate of drug-likeness (QED) is 0.936. The second-order valence-electron chi connectivity index (χ2n) is 6.03. The maximum atomic E-state index is 5.63. The highest BCUT2D eigenvalue weighted by Gasteiger charge is 2.43. The summed E-state index contributed by atoms with van der Waals surface area (Å²) in [4.78, 5) is 9.11. The van der Waals surface area contributed by atoms with E-state index in [0.29, 0.717) is 11.7 Å². The summed E-state index contributed by atoms with van der Waals surface area (Å²) in [6, 6.07) is 4.01. The second kappa shape index (κ2) is 5.56. The van der Waals surface area contributed by atoms with Crippen molar-refractivity contribution >= 4 is 0 Å². The summed E-state index contributed by atoms with van der Waals surface area (Å²) in [5.41, 5.74) is 1.93. The highest BCUT2D eigenvalue weighted by atomic mass is 16.5. The minimum absolute atomic E-state index is 0.0492. The van der Waals surface area contributed by atoms with Gasteiger partial charge in [0, 0.05) is 12.7 Å². The van der Waals surface area contributed by atoms with Crippen LogP contribution in [0.3, 0.4) is 0 Å². The van der Waals surface area contributed by atoms with Crippen molar-refractivity contribution < 1.29 is 4.52 Å². The Balaban J connectivity index is 2.00. The van der Waals surface area contributed by atoms with E-state index in [9.17, 15) is 0 Å². The Labute approximate surface area is 125 Å². The number of aryl methyl sites for hydroxylation is 1. The molecule has 3 rings (SSSR count). The van der Waals surface area contributed by atoms with E-state index in [1.807, 2.05) is 6.07 Å². The number of nitrogens with one attached hydrogen (secondary N) is 1. The molecule has 21 heavy (non-hydrogen) atoms. The summed E-state index contributed by atoms with van der Waals surface area (Å²) in [7, 11) is 0. The zero-order valence-electron chi connectivity index (χ0n) is 12.9. The van der Waals surface area contributed by atoms with Crippen LogP contribution in [0.5, 0.6) is 0 Å². The Morgan fingerprint density at radius 1 is 1.43 bits per heavy atom. The van der Waals surface area contributed by atoms with Crippen LogP contribution < -0.4 is 5.32 Å². The second-order valence-corrected chi connectivity index (χ2v) is 6.03. The van der Waals surface area contributed by atoms with Crippen molar-refractivity contribution in [1.82, 2.24) is 20.4 Å². The van der Waals surface area contributed by atoms with Gasteiger partial charge in [-0.15, -0.1) is 0 Å². The Bertz CT molecular complexity index is 614. The average molecular weight is 286 g/mol. The lowest BCUT2D eigenvalue weighted by Crippen LogP contribution is -2.35. The first-order valence-corrected chi connectivity index (χ1v) is 7.66. The number of nitrogens with zero attached hydrogens (tertiary/aromatic N) is 3. The highest BCUT2D eigenvalue weighted by Crippen LogP contribution is 2.37. The van der Waals surface area contributed by atoms with Crippen LogP contribution in [0.1, 0.15) is 38.6 Å². The molecule has 0 radical (unpaired) electrons. The molecule has 1 atom stereocenters. The predicted molar refractivity (Wildman–Crippen MR) is 80.9 cm³/mol. The molecule has 0 aromatic carbocycles. The van der Waals surface area contributed by atoms with Crippen LogP contribution in [-0.4, -0.2) is 28.2 Å². The van der Waals surface area contributed by atoms with E-state index in [4.69, 9.17) is 4.52 Å². The molecule has 0 spiro atoms. The number of aromatic nitrogens is 3. The average Bonchev–Trinajstić information content (AvgIpc) is 3.16. The maximum Gasteiger partial charge on any atom is 0.234 e. The topological polar surface area (TPSA) is 63.8 Å². The third kappa shape index (κ3) is 2.35. The predicted octanol–water partition coefficient (Wildman–Crippen LogP) is 2.58. The molecule has 3 heterocycles. The molecule has 1 aliphatic rings. The molecule has 1 saturated heterocycles. The van der Waals surface area contributed by atoms with Gasteiger partial charge >= 0.3 is 0 Å². The largest absolute Gasteiger partial charge is 0.338 e. The first-order valence-electron chi connectivity index (χ1n) is 7.66. The van der Waals surface area contributed by atoms with Crippen LogP contribution in [0.25, 0.3) is 11.5 Å². The molecule has 1 unspecified atom stereocenters. The number of hydrogen-bond donors (Lipinski definition) is 1. The Morgan fingerprint density at radius 3 is 2.95 bits per heavy atom. The fourth-order valence-electron chi connectivity index (χ4n) is 3.08. The summed E-state index contributed by atoms with van der Waals surface area (Å²) in [5, 5.41) is 7.61. The molecular weight excluding hydrogens is 264 g/mol. The van der Waals surface area contributed by atoms with Gasteiger partial charge in [-0.05, 0) is 36.9 Å². The van der Waals surface area contributed by atoms with Gasteiger partial charge in [0.25, 0.3) is 0 Å². The molecular formula is C16H22N4O. The zero-order chi connectivity index (χ0) is 14.9. The van der Waals surface area contributed by atoms with Gasteiger partial charge in [0.1, 0.15) is 5.69 Å². The van der Waals surface area contributed by atoms with Gasteiger partial charge in [-0.25, -0.2) is 0 Å². The molecule has 0 saturated carbocycles. The number of pyridine rings is 1. The number of hydrogen-bond acceptors (Lipinski definition) is 5. The summed E-state index contributed by atoms with van der Waals surface area (Å²) >= 11 is 0. The van der Waals surface area contributed by atoms with Crippen molar-refractivity contribution in [3.8, 4) is 11.5 Å². The van der Waals surface area contributed by atoms with Gasteiger partial charge in [-0.1, -0.05) is 32.0 Å². The Morgan fingerprint density at radius 2 is 2.29 bits per heavy atom. The molecule has 1 aliphatic heterocycles. The van der Waals surface area contributed by atoms with Crippen molar-refractivity contribution in [3.05, 3.63) is 29.8 Å². The van der Waals surface area contributed by atoms with Crippen LogP contribution in [-0.2, 0) is 11.8 Å². The van der Waals surface area contributed by atoms with Gasteiger partial charge in [0.05, 0.1) is 5.41 Å². The molecule has 2 aromatic rings. The number of rotatable bonds is 4. The normalized spacial score (nSPS) is 22.1. The van der Waals surface area contributed by atoms with E-state index in [2.05, 4.69) is 47.3 Å². The Hall–Kier alpha value is -1.75. The van der Waals surface area contributed by atoms with Crippen molar-refractivity contribution in [3.63, 3.8) is 0 Å². The van der Waals surface area contributed by atoms with Crippen molar-refractivity contribution in [2.75, 3.05) is 13.1 Å². The molecule has 5 heteroatoms.